The largest absolute Gasteiger partial charge is 0.480 e. The van der Waals surface area contributed by atoms with Crippen LogP contribution in [0.15, 0.2) is 90.3 Å². The Morgan fingerprint density at radius 1 is 0.860 bits per heavy atom. The third-order valence-electron chi connectivity index (χ3n) is 7.53. The number of ketones is 1. The summed E-state index contributed by atoms with van der Waals surface area (Å²) in [6, 6.07) is 25.1. The maximum Gasteiger partial charge on any atom is 0.326 e. The monoisotopic (exact) mass is 596 g/mol. The molecule has 0 radical (unpaired) electrons. The molecular formula is C36H40N2O4S. The summed E-state index contributed by atoms with van der Waals surface area (Å²) in [6.45, 7) is 2.78. The lowest BCUT2D eigenvalue weighted by atomic mass is 9.99. The van der Waals surface area contributed by atoms with Crippen molar-refractivity contribution in [1.29, 1.82) is 0 Å². The number of carbonyl (C=O) groups is 3. The number of hydrogen-bond donors (Lipinski definition) is 2. The average Bonchev–Trinajstić information content (AvgIpc) is 3.49. The van der Waals surface area contributed by atoms with Crippen molar-refractivity contribution in [2.24, 2.45) is 0 Å². The second kappa shape index (κ2) is 15.8. The predicted octanol–water partition coefficient (Wildman–Crippen LogP) is 8.07. The Morgan fingerprint density at radius 2 is 1.56 bits per heavy atom. The molecule has 0 fully saturated rings. The average molecular weight is 597 g/mol. The lowest BCUT2D eigenvalue weighted by Gasteiger charge is -2.18. The maximum absolute atomic E-state index is 13.1. The van der Waals surface area contributed by atoms with Crippen molar-refractivity contribution >= 4 is 34.7 Å². The van der Waals surface area contributed by atoms with Gasteiger partial charge in [-0.25, -0.2) is 4.79 Å². The molecule has 1 atom stereocenters. The highest BCUT2D eigenvalue weighted by Crippen LogP contribution is 2.28. The first-order valence-electron chi connectivity index (χ1n) is 14.9. The van der Waals surface area contributed by atoms with E-state index in [2.05, 4.69) is 23.7 Å². The van der Waals surface area contributed by atoms with Crippen LogP contribution in [0.5, 0.6) is 0 Å². The summed E-state index contributed by atoms with van der Waals surface area (Å²) < 4.78 is 0. The zero-order chi connectivity index (χ0) is 30.6. The first-order chi connectivity index (χ1) is 20.9. The molecule has 0 saturated carbocycles. The SMILES string of the molecule is CCCCCCCC(=O)N(C)Cc1cc(-c2ccc(CC(Nc3ccccc3C(=O)c3ccccc3)C(=O)O)cc2)cs1. The van der Waals surface area contributed by atoms with Crippen molar-refractivity contribution in [2.45, 2.75) is 64.5 Å². The maximum atomic E-state index is 13.1. The molecule has 0 spiro atoms. The fourth-order valence-electron chi connectivity index (χ4n) is 5.02. The number of carboxylic acids is 1. The van der Waals surface area contributed by atoms with Crippen LogP contribution >= 0.6 is 11.3 Å². The Labute approximate surface area is 258 Å². The summed E-state index contributed by atoms with van der Waals surface area (Å²) in [5.74, 6) is -0.970. The minimum Gasteiger partial charge on any atom is -0.480 e. The fraction of sp³-hybridized carbons (Fsp3) is 0.306. The molecule has 0 aliphatic heterocycles. The zero-order valence-corrected chi connectivity index (χ0v) is 25.7. The van der Waals surface area contributed by atoms with Gasteiger partial charge in [0.2, 0.25) is 5.91 Å². The molecule has 224 valence electrons. The predicted molar refractivity (Wildman–Crippen MR) is 175 cm³/mol. The minimum absolute atomic E-state index is 0.162. The number of unbranched alkanes of at least 4 members (excludes halogenated alkanes) is 4. The van der Waals surface area contributed by atoms with E-state index in [9.17, 15) is 19.5 Å². The lowest BCUT2D eigenvalue weighted by molar-refractivity contribution is -0.138. The van der Waals surface area contributed by atoms with Crippen LogP contribution < -0.4 is 5.32 Å². The highest BCUT2D eigenvalue weighted by atomic mass is 32.1. The van der Waals surface area contributed by atoms with Gasteiger partial charge in [0.25, 0.3) is 0 Å². The van der Waals surface area contributed by atoms with Crippen molar-refractivity contribution in [3.05, 3.63) is 112 Å². The van der Waals surface area contributed by atoms with E-state index in [0.717, 1.165) is 34.4 Å². The second-order valence-corrected chi connectivity index (χ2v) is 11.9. The summed E-state index contributed by atoms with van der Waals surface area (Å²) in [4.78, 5) is 40.8. The van der Waals surface area contributed by atoms with E-state index in [-0.39, 0.29) is 18.1 Å². The summed E-state index contributed by atoms with van der Waals surface area (Å²) in [5, 5.41) is 15.2. The summed E-state index contributed by atoms with van der Waals surface area (Å²) >= 11 is 1.64. The number of carbonyl (C=O) groups excluding carboxylic acids is 2. The molecule has 1 amide bonds. The van der Waals surface area contributed by atoms with Crippen molar-refractivity contribution in [1.82, 2.24) is 4.90 Å². The number of nitrogens with one attached hydrogen (secondary N) is 1. The van der Waals surface area contributed by atoms with Crippen molar-refractivity contribution in [2.75, 3.05) is 12.4 Å². The van der Waals surface area contributed by atoms with E-state index < -0.39 is 12.0 Å². The Bertz CT molecular complexity index is 1500. The van der Waals surface area contributed by atoms with Crippen molar-refractivity contribution in [3.8, 4) is 11.1 Å². The van der Waals surface area contributed by atoms with E-state index in [0.29, 0.717) is 29.8 Å². The zero-order valence-electron chi connectivity index (χ0n) is 24.9. The summed E-state index contributed by atoms with van der Waals surface area (Å²) in [7, 11) is 1.87. The van der Waals surface area contributed by atoms with Gasteiger partial charge in [-0.1, -0.05) is 99.3 Å². The number of para-hydroxylation sites is 1. The topological polar surface area (TPSA) is 86.7 Å². The Balaban J connectivity index is 1.36. The van der Waals surface area contributed by atoms with Crippen LogP contribution in [0.25, 0.3) is 11.1 Å². The Hall–Kier alpha value is -4.23. The van der Waals surface area contributed by atoms with Gasteiger partial charge in [-0.15, -0.1) is 11.3 Å². The van der Waals surface area contributed by atoms with Gasteiger partial charge in [-0.05, 0) is 46.7 Å². The number of carboxylic acid groups (broad SMARTS) is 1. The van der Waals surface area contributed by atoms with Gasteiger partial charge in [-0.2, -0.15) is 0 Å². The normalized spacial score (nSPS) is 11.6. The van der Waals surface area contributed by atoms with E-state index in [1.165, 1.54) is 19.3 Å². The fourth-order valence-corrected chi connectivity index (χ4v) is 5.96. The molecule has 0 aliphatic rings. The second-order valence-electron chi connectivity index (χ2n) is 10.9. The first-order valence-corrected chi connectivity index (χ1v) is 15.8. The molecule has 4 aromatic rings. The molecule has 0 aliphatic carbocycles. The van der Waals surface area contributed by atoms with E-state index in [1.807, 2.05) is 42.3 Å². The van der Waals surface area contributed by atoms with Gasteiger partial charge in [0.05, 0.1) is 6.54 Å². The molecule has 2 N–H and O–H groups in total. The van der Waals surface area contributed by atoms with Crippen LogP contribution in [0.2, 0.25) is 0 Å². The third-order valence-corrected chi connectivity index (χ3v) is 8.45. The molecule has 6 nitrogen and oxygen atoms in total. The molecule has 1 heterocycles. The molecule has 43 heavy (non-hydrogen) atoms. The quantitative estimate of drug-likeness (QED) is 0.101. The molecule has 7 heteroatoms. The Morgan fingerprint density at radius 3 is 2.28 bits per heavy atom. The Kier molecular flexibility index (Phi) is 11.7. The number of anilines is 1. The molecular weight excluding hydrogens is 556 g/mol. The summed E-state index contributed by atoms with van der Waals surface area (Å²) in [6.07, 6.45) is 6.53. The first kappa shape index (κ1) is 31.7. The van der Waals surface area contributed by atoms with Gasteiger partial charge in [0.1, 0.15) is 6.04 Å². The van der Waals surface area contributed by atoms with E-state index >= 15 is 0 Å². The molecule has 0 saturated heterocycles. The third kappa shape index (κ3) is 9.13. The van der Waals surface area contributed by atoms with Gasteiger partial charge in [-0.3, -0.25) is 9.59 Å². The molecule has 3 aromatic carbocycles. The number of benzene rings is 3. The molecule has 4 rings (SSSR count). The highest BCUT2D eigenvalue weighted by molar-refractivity contribution is 7.10. The van der Waals surface area contributed by atoms with Crippen LogP contribution in [0.3, 0.4) is 0 Å². The van der Waals surface area contributed by atoms with E-state index in [1.54, 1.807) is 59.9 Å². The smallest absolute Gasteiger partial charge is 0.326 e. The van der Waals surface area contributed by atoms with Crippen LogP contribution in [0, 0.1) is 0 Å². The van der Waals surface area contributed by atoms with E-state index in [4.69, 9.17) is 0 Å². The standard InChI is InChI=1S/C36H40N2O4S/c1-3-4-5-6-10-17-34(39)38(2)24-30-23-29(25-43-30)27-20-18-26(19-21-27)22-33(36(41)42)37-32-16-12-11-15-31(32)35(40)28-13-8-7-9-14-28/h7-9,11-16,18-21,23,25,33,37H,3-6,10,17,22,24H2,1-2H3,(H,41,42). The van der Waals surface area contributed by atoms with Crippen molar-refractivity contribution in [3.63, 3.8) is 0 Å². The molecule has 1 unspecified atom stereocenters. The number of amides is 1. The number of hydrogen-bond acceptors (Lipinski definition) is 5. The van der Waals surface area contributed by atoms with Gasteiger partial charge in [0, 0.05) is 41.6 Å². The minimum atomic E-state index is -0.992. The van der Waals surface area contributed by atoms with Crippen LogP contribution in [-0.4, -0.2) is 40.8 Å². The van der Waals surface area contributed by atoms with Gasteiger partial charge in [0.15, 0.2) is 5.78 Å². The van der Waals surface area contributed by atoms with Crippen molar-refractivity contribution < 1.29 is 19.5 Å². The lowest BCUT2D eigenvalue weighted by Crippen LogP contribution is -2.32. The summed E-state index contributed by atoms with van der Waals surface area (Å²) in [5.41, 5.74) is 4.46. The number of rotatable bonds is 16. The number of nitrogens with zero attached hydrogens (tertiary/aromatic N) is 1. The number of aliphatic carboxylic acids is 1. The molecule has 0 bridgehead atoms. The van der Waals surface area contributed by atoms with Gasteiger partial charge >= 0.3 is 5.97 Å². The van der Waals surface area contributed by atoms with Crippen LogP contribution in [-0.2, 0) is 22.6 Å². The highest BCUT2D eigenvalue weighted by Gasteiger charge is 2.21. The molecule has 1 aromatic heterocycles. The van der Waals surface area contributed by atoms with Gasteiger partial charge < -0.3 is 15.3 Å². The number of thiophene rings is 1. The van der Waals surface area contributed by atoms with Crippen LogP contribution in [0.4, 0.5) is 5.69 Å². The van der Waals surface area contributed by atoms with Crippen LogP contribution in [0.1, 0.15) is 71.8 Å².